The van der Waals surface area contributed by atoms with Crippen molar-refractivity contribution in [3.8, 4) is 0 Å². The maximum atomic E-state index is 11.9. The lowest BCUT2D eigenvalue weighted by Crippen LogP contribution is -2.12. The number of hydrogen-bond acceptors (Lipinski definition) is 8. The summed E-state index contributed by atoms with van der Waals surface area (Å²) in [5, 5.41) is 20.0. The summed E-state index contributed by atoms with van der Waals surface area (Å²) in [7, 11) is 0. The van der Waals surface area contributed by atoms with Crippen LogP contribution in [0.4, 0.5) is 0 Å². The fourth-order valence-corrected chi connectivity index (χ4v) is 5.25. The van der Waals surface area contributed by atoms with Gasteiger partial charge >= 0.3 is 23.9 Å². The number of carbonyl (C=O) groups is 4. The van der Waals surface area contributed by atoms with Crippen LogP contribution in [0, 0.1) is 0 Å². The van der Waals surface area contributed by atoms with Crippen molar-refractivity contribution in [1.82, 2.24) is 0 Å². The Hall–Kier alpha value is -2.58. The van der Waals surface area contributed by atoms with Gasteiger partial charge in [-0.2, -0.15) is 0 Å². The molecule has 0 amide bonds. The number of carbonyl (C=O) groups excluding carboxylic acids is 4. The van der Waals surface area contributed by atoms with Crippen molar-refractivity contribution in [2.24, 2.45) is 0 Å². The van der Waals surface area contributed by atoms with E-state index in [1.54, 1.807) is 0 Å². The van der Waals surface area contributed by atoms with Gasteiger partial charge in [0.25, 0.3) is 0 Å². The van der Waals surface area contributed by atoms with E-state index in [-0.39, 0.29) is 25.0 Å². The van der Waals surface area contributed by atoms with Crippen LogP contribution in [0.25, 0.3) is 0 Å². The number of rotatable bonds is 32. The number of unbranched alkanes of at least 4 members (excludes halogenated alkanes) is 16. The Bertz CT molecular complexity index is 835. The second-order valence-corrected chi connectivity index (χ2v) is 13.0. The third-order valence-corrected chi connectivity index (χ3v) is 8.22. The molecule has 0 heterocycles. The molecule has 0 aliphatic heterocycles. The number of allylic oxidation sites excluding steroid dienone is 2. The van der Waals surface area contributed by atoms with E-state index in [0.29, 0.717) is 12.8 Å². The molecule has 0 rings (SSSR count). The molecule has 48 heavy (non-hydrogen) atoms. The summed E-state index contributed by atoms with van der Waals surface area (Å²) < 4.78 is 9.39. The summed E-state index contributed by atoms with van der Waals surface area (Å²) in [4.78, 5) is 47.4. The van der Waals surface area contributed by atoms with Crippen LogP contribution in [0.5, 0.6) is 0 Å². The summed E-state index contributed by atoms with van der Waals surface area (Å²) in [6.07, 6.45) is 33.5. The second kappa shape index (κ2) is 34.3. The van der Waals surface area contributed by atoms with Crippen molar-refractivity contribution in [2.45, 2.75) is 193 Å². The Morgan fingerprint density at radius 2 is 0.833 bits per heavy atom. The molecule has 0 aliphatic carbocycles. The van der Waals surface area contributed by atoms with Crippen molar-refractivity contribution >= 4 is 23.9 Å². The van der Waals surface area contributed by atoms with E-state index in [4.69, 9.17) is 9.47 Å². The van der Waals surface area contributed by atoms with Crippen LogP contribution in [-0.4, -0.2) is 46.3 Å². The molecular formula is C40H68O8. The molecule has 2 N–H and O–H groups in total. The van der Waals surface area contributed by atoms with Gasteiger partial charge in [-0.15, -0.1) is 0 Å². The van der Waals surface area contributed by atoms with Gasteiger partial charge in [0.1, 0.15) is 0 Å². The zero-order chi connectivity index (χ0) is 35.5. The Morgan fingerprint density at radius 1 is 0.479 bits per heavy atom. The van der Waals surface area contributed by atoms with E-state index in [9.17, 15) is 29.4 Å². The van der Waals surface area contributed by atoms with Crippen LogP contribution >= 0.6 is 0 Å². The molecule has 8 nitrogen and oxygen atoms in total. The molecule has 0 unspecified atom stereocenters. The molecule has 0 saturated heterocycles. The molecule has 0 aromatic heterocycles. The van der Waals surface area contributed by atoms with Crippen LogP contribution in [0.2, 0.25) is 0 Å². The summed E-state index contributed by atoms with van der Waals surface area (Å²) in [5.41, 5.74) is 0. The minimum Gasteiger partial charge on any atom is -0.393 e. The predicted molar refractivity (Wildman–Crippen MR) is 193 cm³/mol. The zero-order valence-electron chi connectivity index (χ0n) is 30.3. The summed E-state index contributed by atoms with van der Waals surface area (Å²) >= 11 is 0. The van der Waals surface area contributed by atoms with E-state index in [0.717, 1.165) is 115 Å². The van der Waals surface area contributed by atoms with Crippen LogP contribution in [0.15, 0.2) is 36.5 Å². The Labute approximate surface area is 291 Å². The Morgan fingerprint density at radius 3 is 1.23 bits per heavy atom. The normalized spacial score (nSPS) is 13.0. The SMILES string of the molecule is CCCCCC[C@@H](O)C/C=C\CCCCCCCC(=O)OC(=O)/C=C/C(=O)OC(=O)CCCCCCC/C=C\C[C@H](O)CCCCCC. The van der Waals surface area contributed by atoms with E-state index in [1.165, 1.54) is 38.5 Å². The lowest BCUT2D eigenvalue weighted by molar-refractivity contribution is -0.159. The number of hydrogen-bond donors (Lipinski definition) is 2. The van der Waals surface area contributed by atoms with Gasteiger partial charge in [0.05, 0.1) is 12.2 Å². The van der Waals surface area contributed by atoms with Gasteiger partial charge in [-0.05, 0) is 64.2 Å². The Balaban J connectivity index is 3.73. The molecule has 0 fully saturated rings. The third kappa shape index (κ3) is 33.3. The van der Waals surface area contributed by atoms with Gasteiger partial charge in [0.15, 0.2) is 0 Å². The highest BCUT2D eigenvalue weighted by Crippen LogP contribution is 2.13. The predicted octanol–water partition coefficient (Wildman–Crippen LogP) is 9.70. The number of esters is 4. The minimum absolute atomic E-state index is 0.124. The van der Waals surface area contributed by atoms with Crippen molar-refractivity contribution in [1.29, 1.82) is 0 Å². The van der Waals surface area contributed by atoms with Crippen molar-refractivity contribution < 1.29 is 38.9 Å². The zero-order valence-corrected chi connectivity index (χ0v) is 30.3. The van der Waals surface area contributed by atoms with E-state index in [2.05, 4.69) is 38.2 Å². The molecule has 0 aromatic carbocycles. The number of ether oxygens (including phenoxy) is 2. The highest BCUT2D eigenvalue weighted by atomic mass is 16.6. The fourth-order valence-electron chi connectivity index (χ4n) is 5.25. The lowest BCUT2D eigenvalue weighted by Gasteiger charge is -2.07. The molecule has 0 aliphatic rings. The van der Waals surface area contributed by atoms with Crippen LogP contribution in [-0.2, 0) is 28.7 Å². The summed E-state index contributed by atoms with van der Waals surface area (Å²) in [6.45, 7) is 4.37. The van der Waals surface area contributed by atoms with Crippen LogP contribution in [0.3, 0.4) is 0 Å². The van der Waals surface area contributed by atoms with Gasteiger partial charge in [0.2, 0.25) is 0 Å². The average Bonchev–Trinajstić information content (AvgIpc) is 3.05. The second-order valence-electron chi connectivity index (χ2n) is 13.0. The van der Waals surface area contributed by atoms with Gasteiger partial charge in [-0.25, -0.2) is 9.59 Å². The fraction of sp³-hybridized carbons (Fsp3) is 0.750. The average molecular weight is 677 g/mol. The van der Waals surface area contributed by atoms with E-state index < -0.39 is 23.9 Å². The van der Waals surface area contributed by atoms with Crippen LogP contribution < -0.4 is 0 Å². The lowest BCUT2D eigenvalue weighted by atomic mass is 10.1. The molecule has 2 atom stereocenters. The third-order valence-electron chi connectivity index (χ3n) is 8.22. The Kier molecular flexibility index (Phi) is 32.4. The molecule has 276 valence electrons. The van der Waals surface area contributed by atoms with E-state index in [1.807, 2.05) is 0 Å². The minimum atomic E-state index is -0.962. The standard InChI is InChI=1S/C40H68O8/c1-3-5-7-21-27-35(41)29-23-17-13-9-11-15-19-25-31-37(43)47-39(45)33-34-40(46)48-38(44)32-26-20-16-12-10-14-18-24-30-36(42)28-22-8-6-4-2/h17-18,23-24,33-36,41-42H,3-16,19-22,25-32H2,1-2H3/b23-17-,24-18-,34-33+/t35-,36-/m1/s1. The topological polar surface area (TPSA) is 127 Å². The maximum absolute atomic E-state index is 11.9. The molecule has 0 saturated carbocycles. The van der Waals surface area contributed by atoms with Gasteiger partial charge in [0, 0.05) is 25.0 Å². The van der Waals surface area contributed by atoms with Gasteiger partial charge in [-0.1, -0.05) is 128 Å². The van der Waals surface area contributed by atoms with Gasteiger partial charge < -0.3 is 19.7 Å². The van der Waals surface area contributed by atoms with Gasteiger partial charge in [-0.3, -0.25) is 9.59 Å². The molecule has 0 radical (unpaired) electrons. The number of aliphatic hydroxyl groups is 2. The first-order valence-electron chi connectivity index (χ1n) is 19.1. The summed E-state index contributed by atoms with van der Waals surface area (Å²) in [5.74, 6) is -3.21. The maximum Gasteiger partial charge on any atom is 0.338 e. The number of aliphatic hydroxyl groups excluding tert-OH is 2. The molecule has 0 bridgehead atoms. The first-order chi connectivity index (χ1) is 23.3. The van der Waals surface area contributed by atoms with E-state index >= 15 is 0 Å². The first kappa shape index (κ1) is 45.4. The molecule has 0 aromatic rings. The highest BCUT2D eigenvalue weighted by molar-refractivity contribution is 5.98. The molecule has 8 heteroatoms. The molecular weight excluding hydrogens is 608 g/mol. The van der Waals surface area contributed by atoms with Crippen molar-refractivity contribution in [3.63, 3.8) is 0 Å². The van der Waals surface area contributed by atoms with Crippen molar-refractivity contribution in [2.75, 3.05) is 0 Å². The highest BCUT2D eigenvalue weighted by Gasteiger charge is 2.11. The quantitative estimate of drug-likeness (QED) is 0.0237. The smallest absolute Gasteiger partial charge is 0.338 e. The monoisotopic (exact) mass is 676 g/mol. The largest absolute Gasteiger partial charge is 0.393 e. The van der Waals surface area contributed by atoms with Crippen LogP contribution in [0.1, 0.15) is 181 Å². The first-order valence-corrected chi connectivity index (χ1v) is 19.1. The summed E-state index contributed by atoms with van der Waals surface area (Å²) in [6, 6.07) is 0. The molecule has 0 spiro atoms. The van der Waals surface area contributed by atoms with Crippen molar-refractivity contribution in [3.05, 3.63) is 36.5 Å².